The molecule has 21 heavy (non-hydrogen) atoms. The largest absolute Gasteiger partial charge is 0.480 e. The van der Waals surface area contributed by atoms with E-state index in [1.807, 2.05) is 0 Å². The van der Waals surface area contributed by atoms with Crippen LogP contribution in [0.2, 0.25) is 5.02 Å². The van der Waals surface area contributed by atoms with Crippen molar-refractivity contribution in [1.29, 1.82) is 0 Å². The Morgan fingerprint density at radius 3 is 2.48 bits per heavy atom. The van der Waals surface area contributed by atoms with Crippen molar-refractivity contribution in [2.24, 2.45) is 7.05 Å². The first-order valence-electron chi connectivity index (χ1n) is 5.80. The van der Waals surface area contributed by atoms with Crippen LogP contribution in [-0.4, -0.2) is 29.3 Å². The maximum Gasteiger partial charge on any atom is 0.326 e. The molecule has 0 amide bonds. The molecule has 1 atom stereocenters. The number of aliphatic carboxylic acids is 1. The summed E-state index contributed by atoms with van der Waals surface area (Å²) in [4.78, 5) is 11.3. The summed E-state index contributed by atoms with van der Waals surface area (Å²) in [5.74, 6) is -1.32. The van der Waals surface area contributed by atoms with E-state index in [1.165, 1.54) is 25.4 Å². The van der Waals surface area contributed by atoms with Gasteiger partial charge in [0.05, 0.1) is 11.2 Å². The maximum absolute atomic E-state index is 12.3. The predicted molar refractivity (Wildman–Crippen MR) is 75.4 cm³/mol. The van der Waals surface area contributed by atoms with Crippen LogP contribution in [0.15, 0.2) is 41.6 Å². The number of halogens is 1. The number of rotatable bonds is 5. The van der Waals surface area contributed by atoms with Crippen molar-refractivity contribution in [2.75, 3.05) is 0 Å². The Morgan fingerprint density at radius 1 is 1.38 bits per heavy atom. The van der Waals surface area contributed by atoms with Crippen molar-refractivity contribution in [3.05, 3.63) is 47.1 Å². The fraction of sp³-hybridized carbons (Fsp3) is 0.167. The Bertz CT molecular complexity index is 739. The minimum Gasteiger partial charge on any atom is -0.480 e. The smallest absolute Gasteiger partial charge is 0.326 e. The van der Waals surface area contributed by atoms with Crippen LogP contribution in [0.3, 0.4) is 0 Å². The molecule has 1 aromatic heterocycles. The molecule has 0 saturated carbocycles. The summed E-state index contributed by atoms with van der Waals surface area (Å²) in [6.45, 7) is 0. The monoisotopic (exact) mass is 329 g/mol. The van der Waals surface area contributed by atoms with Gasteiger partial charge in [0.25, 0.3) is 10.0 Å². The van der Waals surface area contributed by atoms with Gasteiger partial charge in [-0.25, -0.2) is 8.42 Å². The molecule has 0 saturated heterocycles. The quantitative estimate of drug-likeness (QED) is 0.857. The van der Waals surface area contributed by atoms with E-state index in [0.29, 0.717) is 5.56 Å². The fourth-order valence-electron chi connectivity index (χ4n) is 1.82. The average molecular weight is 330 g/mol. The van der Waals surface area contributed by atoms with E-state index in [-0.39, 0.29) is 10.0 Å². The lowest BCUT2D eigenvalue weighted by Crippen LogP contribution is -2.34. The van der Waals surface area contributed by atoms with Crippen molar-refractivity contribution in [1.82, 2.24) is 14.5 Å². The number of hydrogen-bond donors (Lipinski definition) is 2. The lowest BCUT2D eigenvalue weighted by molar-refractivity contribution is -0.139. The summed E-state index contributed by atoms with van der Waals surface area (Å²) in [5.41, 5.74) is 0.312. The predicted octanol–water partition coefficient (Wildman–Crippen LogP) is 1.18. The molecular formula is C12H12ClN3O4S. The molecule has 9 heteroatoms. The number of sulfonamides is 1. The van der Waals surface area contributed by atoms with E-state index in [4.69, 9.17) is 11.6 Å². The van der Waals surface area contributed by atoms with Crippen molar-refractivity contribution < 1.29 is 18.3 Å². The topological polar surface area (TPSA) is 101 Å². The molecule has 0 aliphatic carbocycles. The van der Waals surface area contributed by atoms with Crippen molar-refractivity contribution in [3.63, 3.8) is 0 Å². The lowest BCUT2D eigenvalue weighted by Gasteiger charge is -2.15. The first-order valence-corrected chi connectivity index (χ1v) is 7.66. The second-order valence-corrected chi connectivity index (χ2v) is 6.26. The Kier molecular flexibility index (Phi) is 4.31. The van der Waals surface area contributed by atoms with Crippen LogP contribution in [0.1, 0.15) is 11.6 Å². The van der Waals surface area contributed by atoms with Crippen LogP contribution >= 0.6 is 11.6 Å². The summed E-state index contributed by atoms with van der Waals surface area (Å²) in [7, 11) is -2.73. The van der Waals surface area contributed by atoms with Crippen LogP contribution in [-0.2, 0) is 21.9 Å². The molecule has 0 aliphatic heterocycles. The third-order valence-corrected chi connectivity index (χ3v) is 4.68. The zero-order chi connectivity index (χ0) is 15.6. The molecule has 2 rings (SSSR count). The minimum absolute atomic E-state index is 0.0813. The summed E-state index contributed by atoms with van der Waals surface area (Å²) in [6, 6.07) is 6.57. The van der Waals surface area contributed by atoms with Crippen molar-refractivity contribution >= 4 is 27.6 Å². The van der Waals surface area contributed by atoms with Gasteiger partial charge in [-0.1, -0.05) is 41.9 Å². The van der Waals surface area contributed by atoms with Crippen LogP contribution in [0.5, 0.6) is 0 Å². The van der Waals surface area contributed by atoms with Gasteiger partial charge in [-0.2, -0.15) is 9.82 Å². The van der Waals surface area contributed by atoms with Crippen LogP contribution in [0, 0.1) is 0 Å². The molecule has 2 aromatic rings. The SMILES string of the molecule is Cn1ncc(Cl)c1S(=O)(=O)NC(C(=O)O)c1ccccc1. The zero-order valence-corrected chi connectivity index (χ0v) is 12.5. The molecule has 0 spiro atoms. The highest BCUT2D eigenvalue weighted by Gasteiger charge is 2.30. The van der Waals surface area contributed by atoms with Gasteiger partial charge in [0.2, 0.25) is 0 Å². The molecule has 2 N–H and O–H groups in total. The number of carboxylic acid groups (broad SMARTS) is 1. The first kappa shape index (κ1) is 15.5. The highest BCUT2D eigenvalue weighted by atomic mass is 35.5. The third-order valence-electron chi connectivity index (χ3n) is 2.75. The van der Waals surface area contributed by atoms with Gasteiger partial charge in [-0.3, -0.25) is 9.48 Å². The Morgan fingerprint density at radius 2 is 2.00 bits per heavy atom. The number of benzene rings is 1. The number of nitrogens with one attached hydrogen (secondary N) is 1. The number of nitrogens with zero attached hydrogens (tertiary/aromatic N) is 2. The second kappa shape index (κ2) is 5.84. The number of aryl methyl sites for hydroxylation is 1. The number of hydrogen-bond acceptors (Lipinski definition) is 4. The van der Waals surface area contributed by atoms with Crippen LogP contribution in [0.25, 0.3) is 0 Å². The standard InChI is InChI=1S/C12H12ClN3O4S/c1-16-11(9(13)7-14-16)21(19,20)15-10(12(17)18)8-5-3-2-4-6-8/h2-7,10,15H,1H3,(H,17,18). The van der Waals surface area contributed by atoms with E-state index >= 15 is 0 Å². The molecule has 0 bridgehead atoms. The van der Waals surface area contributed by atoms with Gasteiger partial charge in [-0.05, 0) is 5.56 Å². The van der Waals surface area contributed by atoms with Crippen molar-refractivity contribution in [2.45, 2.75) is 11.1 Å². The van der Waals surface area contributed by atoms with Gasteiger partial charge in [0.1, 0.15) is 6.04 Å². The van der Waals surface area contributed by atoms with E-state index in [9.17, 15) is 18.3 Å². The molecule has 1 heterocycles. The van der Waals surface area contributed by atoms with E-state index in [1.54, 1.807) is 18.2 Å². The average Bonchev–Trinajstić information content (AvgIpc) is 2.77. The molecule has 112 valence electrons. The molecule has 0 radical (unpaired) electrons. The molecule has 7 nitrogen and oxygen atoms in total. The Hall–Kier alpha value is -1.90. The molecule has 0 aliphatic rings. The van der Waals surface area contributed by atoms with Crippen LogP contribution in [0.4, 0.5) is 0 Å². The van der Waals surface area contributed by atoms with Gasteiger partial charge in [0, 0.05) is 7.05 Å². The van der Waals surface area contributed by atoms with E-state index in [2.05, 4.69) is 9.82 Å². The Labute approximate surface area is 126 Å². The number of carboxylic acids is 1. The fourth-order valence-corrected chi connectivity index (χ4v) is 3.65. The van der Waals surface area contributed by atoms with Crippen LogP contribution < -0.4 is 4.72 Å². The summed E-state index contributed by atoms with van der Waals surface area (Å²) in [6.07, 6.45) is 1.18. The summed E-state index contributed by atoms with van der Waals surface area (Å²) < 4.78 is 27.8. The summed E-state index contributed by atoms with van der Waals surface area (Å²) >= 11 is 5.79. The second-order valence-electron chi connectivity index (χ2n) is 4.22. The Balaban J connectivity index is 2.40. The molecule has 1 unspecified atom stereocenters. The molecule has 1 aromatic carbocycles. The van der Waals surface area contributed by atoms with Gasteiger partial charge < -0.3 is 5.11 Å². The first-order chi connectivity index (χ1) is 9.83. The van der Waals surface area contributed by atoms with Gasteiger partial charge in [0.15, 0.2) is 5.03 Å². The number of carbonyl (C=O) groups is 1. The highest BCUT2D eigenvalue weighted by molar-refractivity contribution is 7.89. The van der Waals surface area contributed by atoms with Gasteiger partial charge in [-0.15, -0.1) is 0 Å². The van der Waals surface area contributed by atoms with E-state index in [0.717, 1.165) is 4.68 Å². The maximum atomic E-state index is 12.3. The third kappa shape index (κ3) is 3.23. The number of aromatic nitrogens is 2. The van der Waals surface area contributed by atoms with Gasteiger partial charge >= 0.3 is 5.97 Å². The lowest BCUT2D eigenvalue weighted by atomic mass is 10.1. The molecular weight excluding hydrogens is 318 g/mol. The zero-order valence-electron chi connectivity index (χ0n) is 10.9. The summed E-state index contributed by atoms with van der Waals surface area (Å²) in [5, 5.41) is 12.6. The van der Waals surface area contributed by atoms with E-state index < -0.39 is 22.0 Å². The minimum atomic E-state index is -4.13. The van der Waals surface area contributed by atoms with Crippen molar-refractivity contribution in [3.8, 4) is 0 Å². The highest BCUT2D eigenvalue weighted by Crippen LogP contribution is 2.22. The molecule has 0 fully saturated rings. The normalized spacial score (nSPS) is 13.0.